The minimum absolute atomic E-state index is 0.314. The standard InChI is InChI=1S/C37H44O7/c1-4-5-6-7-8-9-10-13-29-14-20-33(21-15-29)43-37(40)31-18-24-34(25-19-31)44-36(39)30-16-22-32(23-17-30)41-26-11-12-27-42-35(38)28(2)3/h14-25H,2,4-13,26-27H2,1,3H3. The van der Waals surface area contributed by atoms with E-state index < -0.39 is 17.9 Å². The lowest BCUT2D eigenvalue weighted by atomic mass is 10.0. The van der Waals surface area contributed by atoms with E-state index in [2.05, 4.69) is 13.5 Å². The van der Waals surface area contributed by atoms with Crippen molar-refractivity contribution in [3.05, 3.63) is 102 Å². The molecular weight excluding hydrogens is 556 g/mol. The minimum Gasteiger partial charge on any atom is -0.494 e. The number of esters is 3. The number of carbonyl (C=O) groups is 3. The number of benzene rings is 3. The van der Waals surface area contributed by atoms with Crippen LogP contribution in [-0.2, 0) is 16.0 Å². The Bertz CT molecular complexity index is 1330. The van der Waals surface area contributed by atoms with Crippen LogP contribution >= 0.6 is 0 Å². The summed E-state index contributed by atoms with van der Waals surface area (Å²) in [5, 5.41) is 0. The second-order valence-corrected chi connectivity index (χ2v) is 10.8. The van der Waals surface area contributed by atoms with Gasteiger partial charge in [0.25, 0.3) is 0 Å². The van der Waals surface area contributed by atoms with E-state index >= 15 is 0 Å². The maximum absolute atomic E-state index is 12.6. The molecule has 3 rings (SSSR count). The van der Waals surface area contributed by atoms with Crippen molar-refractivity contribution >= 4 is 17.9 Å². The number of aryl methyl sites for hydroxylation is 1. The molecule has 0 saturated heterocycles. The molecule has 0 radical (unpaired) electrons. The summed E-state index contributed by atoms with van der Waals surface area (Å²) >= 11 is 0. The van der Waals surface area contributed by atoms with Gasteiger partial charge in [0.05, 0.1) is 24.3 Å². The van der Waals surface area contributed by atoms with Crippen LogP contribution in [-0.4, -0.2) is 31.1 Å². The second-order valence-electron chi connectivity index (χ2n) is 10.8. The second kappa shape index (κ2) is 19.0. The van der Waals surface area contributed by atoms with Gasteiger partial charge in [-0.2, -0.15) is 0 Å². The van der Waals surface area contributed by atoms with Crippen LogP contribution < -0.4 is 14.2 Å². The third-order valence-electron chi connectivity index (χ3n) is 6.98. The Hall–Kier alpha value is -4.39. The molecule has 0 fully saturated rings. The van der Waals surface area contributed by atoms with Crippen molar-refractivity contribution < 1.29 is 33.3 Å². The van der Waals surface area contributed by atoms with Gasteiger partial charge in [-0.3, -0.25) is 0 Å². The van der Waals surface area contributed by atoms with Crippen LogP contribution in [0.4, 0.5) is 0 Å². The molecule has 0 amide bonds. The summed E-state index contributed by atoms with van der Waals surface area (Å²) < 4.78 is 21.7. The highest BCUT2D eigenvalue weighted by molar-refractivity contribution is 5.92. The maximum atomic E-state index is 12.6. The fraction of sp³-hybridized carbons (Fsp3) is 0.378. The van der Waals surface area contributed by atoms with Gasteiger partial charge < -0.3 is 18.9 Å². The van der Waals surface area contributed by atoms with E-state index in [0.29, 0.717) is 60.0 Å². The summed E-state index contributed by atoms with van der Waals surface area (Å²) in [6.45, 7) is 8.15. The number of hydrogen-bond donors (Lipinski definition) is 0. The van der Waals surface area contributed by atoms with Crippen LogP contribution in [0.2, 0.25) is 0 Å². The number of ether oxygens (including phenoxy) is 4. The van der Waals surface area contributed by atoms with Gasteiger partial charge in [0.2, 0.25) is 0 Å². The highest BCUT2D eigenvalue weighted by Gasteiger charge is 2.12. The molecule has 3 aromatic carbocycles. The highest BCUT2D eigenvalue weighted by Crippen LogP contribution is 2.20. The van der Waals surface area contributed by atoms with Crippen LogP contribution in [0.5, 0.6) is 17.2 Å². The summed E-state index contributed by atoms with van der Waals surface area (Å²) in [6.07, 6.45) is 11.4. The van der Waals surface area contributed by atoms with Crippen molar-refractivity contribution in [2.24, 2.45) is 0 Å². The molecule has 0 spiro atoms. The number of carbonyl (C=O) groups excluding carboxylic acids is 3. The Kier molecular flexibility index (Phi) is 14.7. The minimum atomic E-state index is -0.525. The Labute approximate surface area is 261 Å². The van der Waals surface area contributed by atoms with Crippen LogP contribution in [0, 0.1) is 0 Å². The number of hydrogen-bond acceptors (Lipinski definition) is 7. The van der Waals surface area contributed by atoms with Gasteiger partial charge in [-0.25, -0.2) is 14.4 Å². The lowest BCUT2D eigenvalue weighted by Crippen LogP contribution is -2.10. The summed E-state index contributed by atoms with van der Waals surface area (Å²) in [7, 11) is 0. The average Bonchev–Trinajstić information content (AvgIpc) is 3.03. The zero-order valence-corrected chi connectivity index (χ0v) is 26.0. The van der Waals surface area contributed by atoms with E-state index in [0.717, 1.165) is 6.42 Å². The molecule has 0 aliphatic rings. The Balaban J connectivity index is 1.37. The first kappa shape index (κ1) is 34.1. The van der Waals surface area contributed by atoms with Gasteiger partial charge in [0.1, 0.15) is 17.2 Å². The third-order valence-corrected chi connectivity index (χ3v) is 6.98. The molecule has 44 heavy (non-hydrogen) atoms. The molecular formula is C37H44O7. The summed E-state index contributed by atoms with van der Waals surface area (Å²) in [6, 6.07) is 20.6. The van der Waals surface area contributed by atoms with E-state index in [1.165, 1.54) is 50.5 Å². The Morgan fingerprint density at radius 2 is 1.07 bits per heavy atom. The maximum Gasteiger partial charge on any atom is 0.343 e. The van der Waals surface area contributed by atoms with E-state index in [-0.39, 0.29) is 0 Å². The van der Waals surface area contributed by atoms with Gasteiger partial charge >= 0.3 is 17.9 Å². The Morgan fingerprint density at radius 1 is 0.591 bits per heavy atom. The predicted molar refractivity (Wildman–Crippen MR) is 171 cm³/mol. The number of unbranched alkanes of at least 4 members (excludes halogenated alkanes) is 7. The molecule has 0 aromatic heterocycles. The molecule has 0 heterocycles. The normalized spacial score (nSPS) is 10.6. The first-order chi connectivity index (χ1) is 21.4. The van der Waals surface area contributed by atoms with Crippen LogP contribution in [0.3, 0.4) is 0 Å². The van der Waals surface area contributed by atoms with Crippen molar-refractivity contribution in [2.75, 3.05) is 13.2 Å². The monoisotopic (exact) mass is 600 g/mol. The molecule has 7 heteroatoms. The lowest BCUT2D eigenvalue weighted by Gasteiger charge is -2.09. The van der Waals surface area contributed by atoms with Crippen molar-refractivity contribution in [1.29, 1.82) is 0 Å². The van der Waals surface area contributed by atoms with Crippen molar-refractivity contribution in [2.45, 2.75) is 78.1 Å². The van der Waals surface area contributed by atoms with Crippen molar-refractivity contribution in [3.8, 4) is 17.2 Å². The van der Waals surface area contributed by atoms with Gasteiger partial charge in [-0.05, 0) is 98.8 Å². The first-order valence-electron chi connectivity index (χ1n) is 15.5. The largest absolute Gasteiger partial charge is 0.494 e. The van der Waals surface area contributed by atoms with Crippen LogP contribution in [0.15, 0.2) is 84.9 Å². The van der Waals surface area contributed by atoms with Crippen LogP contribution in [0.1, 0.15) is 97.9 Å². The zero-order valence-electron chi connectivity index (χ0n) is 26.0. The van der Waals surface area contributed by atoms with Crippen molar-refractivity contribution in [1.82, 2.24) is 0 Å². The highest BCUT2D eigenvalue weighted by atomic mass is 16.5. The molecule has 7 nitrogen and oxygen atoms in total. The lowest BCUT2D eigenvalue weighted by molar-refractivity contribution is -0.139. The molecule has 234 valence electrons. The quantitative estimate of drug-likeness (QED) is 0.0588. The average molecular weight is 601 g/mol. The fourth-order valence-corrected chi connectivity index (χ4v) is 4.37. The van der Waals surface area contributed by atoms with Gasteiger partial charge in [-0.15, -0.1) is 0 Å². The molecule has 0 atom stereocenters. The van der Waals surface area contributed by atoms with Gasteiger partial charge in [0.15, 0.2) is 0 Å². The predicted octanol–water partition coefficient (Wildman–Crippen LogP) is 8.70. The first-order valence-corrected chi connectivity index (χ1v) is 15.5. The molecule has 0 N–H and O–H groups in total. The third kappa shape index (κ3) is 12.5. The van der Waals surface area contributed by atoms with Crippen molar-refractivity contribution in [3.63, 3.8) is 0 Å². The number of rotatable bonds is 19. The molecule has 3 aromatic rings. The van der Waals surface area contributed by atoms with E-state index in [9.17, 15) is 14.4 Å². The van der Waals surface area contributed by atoms with Gasteiger partial charge in [0, 0.05) is 5.57 Å². The SMILES string of the molecule is C=C(C)C(=O)OCCCCOc1ccc(C(=O)Oc2ccc(C(=O)Oc3ccc(CCCCCCCCC)cc3)cc2)cc1. The van der Waals surface area contributed by atoms with E-state index in [1.54, 1.807) is 55.5 Å². The van der Waals surface area contributed by atoms with E-state index in [4.69, 9.17) is 18.9 Å². The van der Waals surface area contributed by atoms with Crippen LogP contribution in [0.25, 0.3) is 0 Å². The molecule has 0 bridgehead atoms. The molecule has 0 unspecified atom stereocenters. The topological polar surface area (TPSA) is 88.1 Å². The Morgan fingerprint density at radius 3 is 1.61 bits per heavy atom. The molecule has 0 aliphatic heterocycles. The fourth-order valence-electron chi connectivity index (χ4n) is 4.37. The molecule has 0 saturated carbocycles. The smallest absolute Gasteiger partial charge is 0.343 e. The van der Waals surface area contributed by atoms with Gasteiger partial charge in [-0.1, -0.05) is 64.2 Å². The molecule has 0 aliphatic carbocycles. The summed E-state index contributed by atoms with van der Waals surface area (Å²) in [5.41, 5.74) is 2.33. The summed E-state index contributed by atoms with van der Waals surface area (Å²) in [5.74, 6) is 0.0246. The summed E-state index contributed by atoms with van der Waals surface area (Å²) in [4.78, 5) is 36.6. The van der Waals surface area contributed by atoms with E-state index in [1.807, 2.05) is 24.3 Å². The zero-order chi connectivity index (χ0) is 31.6.